The molecule has 3 rings (SSSR count). The molecule has 0 unspecified atom stereocenters. The van der Waals surface area contributed by atoms with Crippen LogP contribution in [-0.2, 0) is 0 Å². The van der Waals surface area contributed by atoms with Gasteiger partial charge < -0.3 is 0 Å². The van der Waals surface area contributed by atoms with Gasteiger partial charge in [-0.1, -0.05) is 85.9 Å². The number of rotatable bonds is 4. The molecule has 114 valence electrons. The van der Waals surface area contributed by atoms with Crippen LogP contribution in [0.1, 0.15) is 16.7 Å². The first kappa shape index (κ1) is 15.3. The minimum absolute atomic E-state index is 0.130. The second-order valence-electron chi connectivity index (χ2n) is 6.26. The molecular weight excluding hydrogens is 298 g/mol. The molecule has 0 saturated carbocycles. The molecule has 3 aromatic carbocycles. The van der Waals surface area contributed by atoms with E-state index in [1.165, 1.54) is 21.9 Å². The highest BCUT2D eigenvalue weighted by atomic mass is 28.3. The van der Waals surface area contributed by atoms with Crippen molar-refractivity contribution in [3.63, 3.8) is 0 Å². The molecule has 1 atom stereocenters. The number of fused-ring (bicyclic) bond motifs is 1. The van der Waals surface area contributed by atoms with Gasteiger partial charge in [-0.25, -0.2) is 0 Å². The summed E-state index contributed by atoms with van der Waals surface area (Å²) in [6, 6.07) is 25.2. The summed E-state index contributed by atoms with van der Waals surface area (Å²) in [5, 5.41) is 2.45. The van der Waals surface area contributed by atoms with Crippen LogP contribution in [0.15, 0.2) is 77.6 Å². The average Bonchev–Trinajstić information content (AvgIpc) is 2.56. The summed E-state index contributed by atoms with van der Waals surface area (Å²) >= 11 is 0. The SMILES string of the molecule is C[Si](C)(N=[N+]=[N-])[C@H](c1ccccc1)c1cccc2ccccc12. The fourth-order valence-corrected chi connectivity index (χ4v) is 5.66. The van der Waals surface area contributed by atoms with Crippen LogP contribution in [0, 0.1) is 0 Å². The van der Waals surface area contributed by atoms with E-state index in [4.69, 9.17) is 5.53 Å². The standard InChI is InChI=1S/C19H19N3Si/c1-23(2,22-21-20)19(16-10-4-3-5-11-16)18-14-8-12-15-9-6-7-13-17(15)18/h3-14,19H,1-2H3/t19-/m1/s1. The summed E-state index contributed by atoms with van der Waals surface area (Å²) in [5.74, 6) is 0. The first-order valence-corrected chi connectivity index (χ1v) is 10.7. The van der Waals surface area contributed by atoms with Crippen molar-refractivity contribution in [1.82, 2.24) is 0 Å². The van der Waals surface area contributed by atoms with E-state index in [-0.39, 0.29) is 5.54 Å². The first-order valence-electron chi connectivity index (χ1n) is 7.72. The molecule has 0 aliphatic rings. The second kappa shape index (κ2) is 6.29. The fourth-order valence-electron chi connectivity index (χ4n) is 3.29. The van der Waals surface area contributed by atoms with Gasteiger partial charge in [0.1, 0.15) is 0 Å². The lowest BCUT2D eigenvalue weighted by Crippen LogP contribution is -2.33. The van der Waals surface area contributed by atoms with Gasteiger partial charge in [0.2, 0.25) is 0 Å². The van der Waals surface area contributed by atoms with Crippen LogP contribution in [0.4, 0.5) is 0 Å². The van der Waals surface area contributed by atoms with Crippen molar-refractivity contribution >= 4 is 19.0 Å². The van der Waals surface area contributed by atoms with E-state index in [0.717, 1.165) is 0 Å². The van der Waals surface area contributed by atoms with Crippen LogP contribution in [-0.4, -0.2) is 8.24 Å². The number of hydrogen-bond acceptors (Lipinski definition) is 1. The molecule has 0 heterocycles. The largest absolute Gasteiger partial charge is 0.161 e. The predicted octanol–water partition coefficient (Wildman–Crippen LogP) is 6.03. The van der Waals surface area contributed by atoms with Crippen molar-refractivity contribution in [2.24, 2.45) is 4.78 Å². The van der Waals surface area contributed by atoms with Gasteiger partial charge in [0.25, 0.3) is 0 Å². The molecule has 3 aromatic rings. The van der Waals surface area contributed by atoms with E-state index in [9.17, 15) is 0 Å². The van der Waals surface area contributed by atoms with Crippen molar-refractivity contribution in [3.8, 4) is 0 Å². The smallest absolute Gasteiger partial charge is 0.123 e. The van der Waals surface area contributed by atoms with Gasteiger partial charge in [-0.05, 0) is 32.3 Å². The monoisotopic (exact) mass is 317 g/mol. The molecule has 0 amide bonds. The minimum Gasteiger partial charge on any atom is -0.123 e. The highest BCUT2D eigenvalue weighted by Gasteiger charge is 2.34. The summed E-state index contributed by atoms with van der Waals surface area (Å²) < 4.78 is 4.24. The number of hydrogen-bond donors (Lipinski definition) is 0. The Morgan fingerprint density at radius 3 is 2.26 bits per heavy atom. The van der Waals surface area contributed by atoms with Gasteiger partial charge in [0.15, 0.2) is 8.24 Å². The molecule has 0 N–H and O–H groups in total. The number of benzene rings is 3. The lowest BCUT2D eigenvalue weighted by Gasteiger charge is -2.30. The Bertz CT molecular complexity index is 863. The molecule has 0 fully saturated rings. The maximum Gasteiger partial charge on any atom is 0.161 e. The minimum atomic E-state index is -2.22. The Morgan fingerprint density at radius 1 is 0.870 bits per heavy atom. The Balaban J connectivity index is 2.29. The molecule has 4 heteroatoms. The molecule has 23 heavy (non-hydrogen) atoms. The van der Waals surface area contributed by atoms with E-state index < -0.39 is 8.24 Å². The van der Waals surface area contributed by atoms with Crippen molar-refractivity contribution in [2.75, 3.05) is 0 Å². The van der Waals surface area contributed by atoms with Crippen molar-refractivity contribution in [2.45, 2.75) is 18.6 Å². The van der Waals surface area contributed by atoms with Gasteiger partial charge >= 0.3 is 0 Å². The Kier molecular flexibility index (Phi) is 4.19. The summed E-state index contributed by atoms with van der Waals surface area (Å²) in [7, 11) is -2.22. The summed E-state index contributed by atoms with van der Waals surface area (Å²) in [5.41, 5.74) is 11.6. The van der Waals surface area contributed by atoms with Crippen molar-refractivity contribution in [3.05, 3.63) is 94.4 Å². The quantitative estimate of drug-likeness (QED) is 0.244. The van der Waals surface area contributed by atoms with Crippen LogP contribution < -0.4 is 0 Å². The molecule has 0 saturated heterocycles. The number of nitrogens with zero attached hydrogens (tertiary/aromatic N) is 3. The van der Waals surface area contributed by atoms with E-state index in [1.54, 1.807) is 0 Å². The topological polar surface area (TPSA) is 48.8 Å². The summed E-state index contributed by atoms with van der Waals surface area (Å²) in [4.78, 5) is 3.15. The van der Waals surface area contributed by atoms with Gasteiger partial charge in [-0.2, -0.15) is 0 Å². The molecule has 0 aromatic heterocycles. The first-order chi connectivity index (χ1) is 11.1. The van der Waals surface area contributed by atoms with Gasteiger partial charge in [-0.3, -0.25) is 0 Å². The summed E-state index contributed by atoms with van der Waals surface area (Å²) in [6.07, 6.45) is 0. The molecule has 0 aliphatic heterocycles. The van der Waals surface area contributed by atoms with E-state index in [2.05, 4.69) is 77.4 Å². The highest BCUT2D eigenvalue weighted by molar-refractivity contribution is 6.77. The molecule has 0 bridgehead atoms. The Morgan fingerprint density at radius 2 is 1.52 bits per heavy atom. The third kappa shape index (κ3) is 3.00. The highest BCUT2D eigenvalue weighted by Crippen LogP contribution is 2.38. The fraction of sp³-hybridized carbons (Fsp3) is 0.158. The zero-order valence-corrected chi connectivity index (χ0v) is 14.3. The van der Waals surface area contributed by atoms with Crippen molar-refractivity contribution in [1.29, 1.82) is 0 Å². The van der Waals surface area contributed by atoms with Crippen LogP contribution >= 0.6 is 0 Å². The van der Waals surface area contributed by atoms with Gasteiger partial charge in [0, 0.05) is 5.54 Å². The van der Waals surface area contributed by atoms with Crippen LogP contribution in [0.3, 0.4) is 0 Å². The maximum atomic E-state index is 9.05. The lowest BCUT2D eigenvalue weighted by atomic mass is 9.98. The molecule has 0 aliphatic carbocycles. The molecule has 0 spiro atoms. The molecule has 0 radical (unpaired) electrons. The third-order valence-electron chi connectivity index (χ3n) is 4.28. The zero-order chi connectivity index (χ0) is 16.3. The predicted molar refractivity (Wildman–Crippen MR) is 98.9 cm³/mol. The van der Waals surface area contributed by atoms with Crippen LogP contribution in [0.25, 0.3) is 21.2 Å². The van der Waals surface area contributed by atoms with Gasteiger partial charge in [0.05, 0.1) is 0 Å². The van der Waals surface area contributed by atoms with Crippen LogP contribution in [0.5, 0.6) is 0 Å². The number of azide groups is 1. The van der Waals surface area contributed by atoms with Gasteiger partial charge in [-0.15, -0.1) is 4.78 Å². The Labute approximate surface area is 137 Å². The average molecular weight is 317 g/mol. The second-order valence-corrected chi connectivity index (χ2v) is 10.3. The van der Waals surface area contributed by atoms with Crippen LogP contribution in [0.2, 0.25) is 13.1 Å². The third-order valence-corrected chi connectivity index (χ3v) is 6.94. The Hall–Kier alpha value is -2.55. The normalized spacial score (nSPS) is 12.6. The molecule has 3 nitrogen and oxygen atoms in total. The summed E-state index contributed by atoms with van der Waals surface area (Å²) in [6.45, 7) is 4.26. The maximum absolute atomic E-state index is 9.05. The molecular formula is C19H19N3Si. The van der Waals surface area contributed by atoms with E-state index in [1.807, 2.05) is 18.2 Å². The van der Waals surface area contributed by atoms with E-state index in [0.29, 0.717) is 0 Å². The van der Waals surface area contributed by atoms with Crippen molar-refractivity contribution < 1.29 is 0 Å². The van der Waals surface area contributed by atoms with E-state index >= 15 is 0 Å². The lowest BCUT2D eigenvalue weighted by molar-refractivity contribution is 1.07. The zero-order valence-electron chi connectivity index (χ0n) is 13.3.